The van der Waals surface area contributed by atoms with Crippen molar-refractivity contribution in [2.75, 3.05) is 11.8 Å². The second kappa shape index (κ2) is 8.24. The summed E-state index contributed by atoms with van der Waals surface area (Å²) in [4.78, 5) is 0.0122. The van der Waals surface area contributed by atoms with E-state index in [1.165, 1.54) is 13.2 Å². The van der Waals surface area contributed by atoms with Crippen LogP contribution in [0.15, 0.2) is 71.6 Å². The van der Waals surface area contributed by atoms with Crippen LogP contribution in [0.4, 0.5) is 5.69 Å². The summed E-state index contributed by atoms with van der Waals surface area (Å²) in [5.74, 6) is 0.724. The molecule has 3 aromatic rings. The number of hydrogen-bond donors (Lipinski definition) is 3. The molecule has 3 aromatic carbocycles. The lowest BCUT2D eigenvalue weighted by molar-refractivity contribution is 0.403. The van der Waals surface area contributed by atoms with E-state index >= 15 is 0 Å². The van der Waals surface area contributed by atoms with Crippen LogP contribution in [0.25, 0.3) is 0 Å². The summed E-state index contributed by atoms with van der Waals surface area (Å²) in [6, 6.07) is 18.2. The summed E-state index contributed by atoms with van der Waals surface area (Å²) >= 11 is 0. The highest BCUT2D eigenvalue weighted by atomic mass is 32.2. The van der Waals surface area contributed by atoms with E-state index in [-0.39, 0.29) is 27.9 Å². The number of nitrogens with one attached hydrogen (secondary N) is 2. The number of anilines is 1. The van der Waals surface area contributed by atoms with Gasteiger partial charge in [0, 0.05) is 0 Å². The average molecular weight is 411 g/mol. The third kappa shape index (κ3) is 4.49. The number of nitrogen functional groups attached to an aromatic ring is 1. The lowest BCUT2D eigenvalue weighted by atomic mass is 10.1. The summed E-state index contributed by atoms with van der Waals surface area (Å²) in [6.45, 7) is 1.86. The van der Waals surface area contributed by atoms with Gasteiger partial charge in [-0.1, -0.05) is 30.3 Å². The van der Waals surface area contributed by atoms with Gasteiger partial charge < -0.3 is 15.2 Å². The van der Waals surface area contributed by atoms with Crippen LogP contribution in [-0.2, 0) is 10.0 Å². The van der Waals surface area contributed by atoms with E-state index in [4.69, 9.17) is 20.6 Å². The van der Waals surface area contributed by atoms with Gasteiger partial charge in [-0.2, -0.15) is 0 Å². The molecule has 0 aliphatic carbocycles. The first-order valence-corrected chi connectivity index (χ1v) is 10.2. The Kier molecular flexibility index (Phi) is 5.74. The molecule has 0 atom stereocenters. The monoisotopic (exact) mass is 411 g/mol. The SMILES string of the molecule is COc1ccccc1S(=O)(=O)Nc1ccc(C)cc1Oc1ccccc1C(=N)N. The highest BCUT2D eigenvalue weighted by Crippen LogP contribution is 2.34. The Hall–Kier alpha value is -3.52. The van der Waals surface area contributed by atoms with Gasteiger partial charge in [0.1, 0.15) is 22.2 Å². The van der Waals surface area contributed by atoms with Crippen molar-refractivity contribution in [2.45, 2.75) is 11.8 Å². The third-order valence-electron chi connectivity index (χ3n) is 4.14. The first kappa shape index (κ1) is 20.2. The molecular formula is C21H21N3O4S. The summed E-state index contributed by atoms with van der Waals surface area (Å²) in [7, 11) is -2.52. The number of methoxy groups -OCH3 is 1. The van der Waals surface area contributed by atoms with E-state index in [0.29, 0.717) is 11.3 Å². The van der Waals surface area contributed by atoms with Crippen molar-refractivity contribution in [1.82, 2.24) is 0 Å². The van der Waals surface area contributed by atoms with Crippen LogP contribution in [-0.4, -0.2) is 21.4 Å². The number of amidine groups is 1. The molecule has 0 fully saturated rings. The Balaban J connectivity index is 2.01. The van der Waals surface area contributed by atoms with E-state index in [1.54, 1.807) is 60.7 Å². The highest BCUT2D eigenvalue weighted by Gasteiger charge is 2.21. The van der Waals surface area contributed by atoms with Gasteiger partial charge in [0.05, 0.1) is 18.4 Å². The molecule has 29 heavy (non-hydrogen) atoms. The minimum Gasteiger partial charge on any atom is -0.495 e. The second-order valence-corrected chi connectivity index (χ2v) is 7.92. The fourth-order valence-corrected chi connectivity index (χ4v) is 3.98. The molecule has 150 valence electrons. The number of aryl methyl sites for hydroxylation is 1. The zero-order valence-corrected chi connectivity index (χ0v) is 16.8. The van der Waals surface area contributed by atoms with Gasteiger partial charge in [-0.15, -0.1) is 0 Å². The quantitative estimate of drug-likeness (QED) is 0.403. The van der Waals surface area contributed by atoms with Crippen molar-refractivity contribution >= 4 is 21.5 Å². The van der Waals surface area contributed by atoms with Gasteiger partial charge in [-0.25, -0.2) is 8.42 Å². The molecule has 0 aliphatic heterocycles. The smallest absolute Gasteiger partial charge is 0.265 e. The van der Waals surface area contributed by atoms with E-state index < -0.39 is 10.0 Å². The van der Waals surface area contributed by atoms with Crippen molar-refractivity contribution in [1.29, 1.82) is 5.41 Å². The number of hydrogen-bond acceptors (Lipinski definition) is 5. The number of benzene rings is 3. The van der Waals surface area contributed by atoms with Crippen LogP contribution in [0.3, 0.4) is 0 Å². The van der Waals surface area contributed by atoms with E-state index in [0.717, 1.165) is 5.56 Å². The van der Waals surface area contributed by atoms with Crippen LogP contribution >= 0.6 is 0 Å². The van der Waals surface area contributed by atoms with Crippen molar-refractivity contribution < 1.29 is 17.9 Å². The summed E-state index contributed by atoms with van der Waals surface area (Å²) < 4.78 is 39.6. The van der Waals surface area contributed by atoms with Crippen LogP contribution in [0, 0.1) is 12.3 Å². The molecule has 4 N–H and O–H groups in total. The topological polar surface area (TPSA) is 115 Å². The first-order valence-electron chi connectivity index (χ1n) is 8.69. The minimum atomic E-state index is -3.93. The van der Waals surface area contributed by atoms with Gasteiger partial charge in [0.2, 0.25) is 0 Å². The zero-order valence-electron chi connectivity index (χ0n) is 16.0. The van der Waals surface area contributed by atoms with E-state index in [2.05, 4.69) is 4.72 Å². The van der Waals surface area contributed by atoms with Crippen LogP contribution in [0.5, 0.6) is 17.2 Å². The van der Waals surface area contributed by atoms with Crippen molar-refractivity contribution in [3.63, 3.8) is 0 Å². The lowest BCUT2D eigenvalue weighted by Crippen LogP contribution is -2.15. The van der Waals surface area contributed by atoms with Gasteiger partial charge in [-0.05, 0) is 48.9 Å². The Bertz CT molecular complexity index is 1160. The average Bonchev–Trinajstić information content (AvgIpc) is 2.70. The first-order chi connectivity index (χ1) is 13.8. The standard InChI is InChI=1S/C21H21N3O4S/c1-14-11-12-16(24-29(25,26)20-10-6-5-9-18(20)27-2)19(13-14)28-17-8-4-3-7-15(17)21(22)23/h3-13,24H,1-2H3,(H3,22,23). The third-order valence-corrected chi connectivity index (χ3v) is 5.54. The van der Waals surface area contributed by atoms with Crippen LogP contribution in [0.2, 0.25) is 0 Å². The highest BCUT2D eigenvalue weighted by molar-refractivity contribution is 7.92. The molecule has 0 unspecified atom stereocenters. The molecule has 0 amide bonds. The Morgan fingerprint density at radius 1 is 0.966 bits per heavy atom. The largest absolute Gasteiger partial charge is 0.495 e. The van der Waals surface area contributed by atoms with Crippen molar-refractivity contribution in [3.05, 3.63) is 77.9 Å². The van der Waals surface area contributed by atoms with Gasteiger partial charge in [-0.3, -0.25) is 10.1 Å². The van der Waals surface area contributed by atoms with Gasteiger partial charge in [0.25, 0.3) is 10.0 Å². The summed E-state index contributed by atoms with van der Waals surface area (Å²) in [5.41, 5.74) is 7.16. The fraction of sp³-hybridized carbons (Fsp3) is 0.0952. The molecule has 3 rings (SSSR count). The lowest BCUT2D eigenvalue weighted by Gasteiger charge is -2.16. The molecule has 8 heteroatoms. The molecule has 0 spiro atoms. The van der Waals surface area contributed by atoms with Gasteiger partial charge in [0.15, 0.2) is 5.75 Å². The van der Waals surface area contributed by atoms with E-state index in [9.17, 15) is 8.42 Å². The molecule has 7 nitrogen and oxygen atoms in total. The normalized spacial score (nSPS) is 11.0. The number of sulfonamides is 1. The van der Waals surface area contributed by atoms with Crippen molar-refractivity contribution in [2.24, 2.45) is 5.73 Å². The maximum atomic E-state index is 12.9. The molecule has 0 radical (unpaired) electrons. The number of nitrogens with two attached hydrogens (primary N) is 1. The molecule has 0 aromatic heterocycles. The van der Waals surface area contributed by atoms with Crippen molar-refractivity contribution in [3.8, 4) is 17.2 Å². The Morgan fingerprint density at radius 2 is 1.62 bits per heavy atom. The summed E-state index contributed by atoms with van der Waals surface area (Å²) in [5, 5.41) is 7.71. The molecule has 0 bridgehead atoms. The Labute approximate surface area is 169 Å². The number of ether oxygens (including phenoxy) is 2. The maximum absolute atomic E-state index is 12.9. The van der Waals surface area contributed by atoms with Gasteiger partial charge >= 0.3 is 0 Å². The molecule has 0 heterocycles. The molecule has 0 saturated heterocycles. The number of para-hydroxylation sites is 2. The summed E-state index contributed by atoms with van der Waals surface area (Å²) in [6.07, 6.45) is 0. The molecule has 0 aliphatic rings. The predicted octanol–water partition coefficient (Wildman–Crippen LogP) is 3.88. The predicted molar refractivity (Wildman–Crippen MR) is 113 cm³/mol. The van der Waals surface area contributed by atoms with E-state index in [1.807, 2.05) is 6.92 Å². The van der Waals surface area contributed by atoms with Crippen LogP contribution in [0.1, 0.15) is 11.1 Å². The maximum Gasteiger partial charge on any atom is 0.265 e. The van der Waals surface area contributed by atoms with Crippen LogP contribution < -0.4 is 19.9 Å². The second-order valence-electron chi connectivity index (χ2n) is 6.27. The fourth-order valence-electron chi connectivity index (χ4n) is 2.74. The molecular weight excluding hydrogens is 390 g/mol. The molecule has 0 saturated carbocycles. The zero-order chi connectivity index (χ0) is 21.0. The number of rotatable bonds is 7. The Morgan fingerprint density at radius 3 is 2.31 bits per heavy atom. The minimum absolute atomic E-state index is 0.0122.